The number of nitrogens with zero attached hydrogens (tertiary/aromatic N) is 5. The van der Waals surface area contributed by atoms with Crippen LogP contribution in [-0.2, 0) is 6.42 Å². The Morgan fingerprint density at radius 3 is 1.23 bits per heavy atom. The molecule has 16 aromatic carbocycles. The lowest BCUT2D eigenvalue weighted by Crippen LogP contribution is -2.16. The van der Waals surface area contributed by atoms with Crippen LogP contribution in [0.25, 0.3) is 155 Å². The molecular weight excluding hydrogens is 1280 g/mol. The van der Waals surface area contributed by atoms with Crippen molar-refractivity contribution in [1.29, 1.82) is 0 Å². The zero-order valence-corrected chi connectivity index (χ0v) is 55.4. The molecule has 6 heteroatoms. The van der Waals surface area contributed by atoms with E-state index in [1.807, 2.05) is 66.7 Å². The third-order valence-corrected chi connectivity index (χ3v) is 20.1. The Bertz CT molecular complexity index is 6140. The highest BCUT2D eigenvalue weighted by Gasteiger charge is 2.31. The van der Waals surface area contributed by atoms with Crippen LogP contribution in [0.3, 0.4) is 0 Å². The second-order valence-electron chi connectivity index (χ2n) is 25.2. The average Bonchev–Trinajstić information content (AvgIpc) is 0.716. The third kappa shape index (κ3) is 11.0. The number of aromatic nitrogens is 4. The molecule has 2 aliphatic rings. The van der Waals surface area contributed by atoms with Gasteiger partial charge in [-0.1, -0.05) is 333 Å². The first kappa shape index (κ1) is 61.1. The van der Waals surface area contributed by atoms with Gasteiger partial charge in [0, 0.05) is 43.1 Å². The van der Waals surface area contributed by atoms with Crippen LogP contribution < -0.4 is 4.90 Å². The molecule has 2 aromatic heterocycles. The van der Waals surface area contributed by atoms with Crippen molar-refractivity contribution in [2.45, 2.75) is 13.8 Å². The first-order valence-electron chi connectivity index (χ1n) is 33.6. The maximum Gasteiger partial charge on any atom is 0.0994 e. The second-order valence-corrected chi connectivity index (χ2v) is 26.1. The number of fused-ring (bicyclic) bond motifs is 10. The highest BCUT2D eigenvalue weighted by atomic mass is 79.9. The molecular formula is C94H64BrN5. The zero-order chi connectivity index (χ0) is 65.8. The molecule has 100 heavy (non-hydrogen) atoms. The topological polar surface area (TPSA) is 54.8 Å². The van der Waals surface area contributed by atoms with Crippen molar-refractivity contribution in [3.05, 3.63) is 367 Å². The highest BCUT2D eigenvalue weighted by molar-refractivity contribution is 9.10. The lowest BCUT2D eigenvalue weighted by molar-refractivity contribution is 1.22. The minimum Gasteiger partial charge on any atom is -0.308 e. The maximum atomic E-state index is 5.38. The van der Waals surface area contributed by atoms with Gasteiger partial charge >= 0.3 is 0 Å². The summed E-state index contributed by atoms with van der Waals surface area (Å²) in [6.07, 6.45) is 1.03. The molecule has 0 amide bonds. The summed E-state index contributed by atoms with van der Waals surface area (Å²) in [5.41, 5.74) is 27.5. The van der Waals surface area contributed by atoms with E-state index in [4.69, 9.17) is 19.9 Å². The van der Waals surface area contributed by atoms with Crippen LogP contribution in [0.4, 0.5) is 17.1 Å². The van der Waals surface area contributed by atoms with E-state index >= 15 is 0 Å². The van der Waals surface area contributed by atoms with Crippen LogP contribution in [0, 0.1) is 0 Å². The van der Waals surface area contributed by atoms with Crippen molar-refractivity contribution in [2.75, 3.05) is 4.90 Å². The van der Waals surface area contributed by atoms with E-state index in [0.717, 1.165) is 89.4 Å². The number of anilines is 3. The number of hydrogen-bond donors (Lipinski definition) is 0. The molecule has 472 valence electrons. The van der Waals surface area contributed by atoms with Crippen molar-refractivity contribution in [1.82, 2.24) is 19.9 Å². The molecule has 0 fully saturated rings. The Labute approximate surface area is 589 Å². The Morgan fingerprint density at radius 2 is 0.640 bits per heavy atom. The van der Waals surface area contributed by atoms with Crippen LogP contribution in [0.2, 0.25) is 0 Å². The quantitative estimate of drug-likeness (QED) is 0.159. The van der Waals surface area contributed by atoms with Crippen molar-refractivity contribution in [3.63, 3.8) is 0 Å². The zero-order valence-electron chi connectivity index (χ0n) is 53.8. The summed E-state index contributed by atoms with van der Waals surface area (Å²) in [5, 5.41) is 10.4. The molecule has 0 radical (unpaired) electrons. The van der Waals surface area contributed by atoms with Crippen molar-refractivity contribution in [3.8, 4) is 89.5 Å². The Balaban J connectivity index is 0.000000124. The summed E-state index contributed by atoms with van der Waals surface area (Å²) in [6.45, 7) is 0. The van der Waals surface area contributed by atoms with Crippen LogP contribution in [0.5, 0.6) is 0 Å². The molecule has 3 heterocycles. The fourth-order valence-electron chi connectivity index (χ4n) is 14.8. The normalized spacial score (nSPS) is 11.7. The lowest BCUT2D eigenvalue weighted by Gasteiger charge is -2.35. The summed E-state index contributed by atoms with van der Waals surface area (Å²) in [4.78, 5) is 23.1. The Hall–Kier alpha value is -12.5. The highest BCUT2D eigenvalue weighted by Crippen LogP contribution is 2.55. The van der Waals surface area contributed by atoms with Crippen LogP contribution >= 0.6 is 15.9 Å². The van der Waals surface area contributed by atoms with Gasteiger partial charge in [-0.15, -0.1) is 0 Å². The second kappa shape index (κ2) is 26.2. The molecule has 0 atom stereocenters. The summed E-state index contributed by atoms with van der Waals surface area (Å²) < 4.78 is 1.01. The molecule has 5 nitrogen and oxygen atoms in total. The minimum absolute atomic E-state index is 0. The molecule has 18 aromatic rings. The standard InChI is InChI=1S/C46H29N3.C26H17BrN2.C21H14.CH4/c1-2-12-30(13-3-1)31-24-26-34(27-25-31)44-45(48-40-21-8-7-20-39(40)47-44)38-18-6-9-22-41(38)49-42-23-11-16-33-15-10-19-36(43(33)42)37-29-28-32-14-4-5-17-35(32)46(37)49;27-22-11-5-4-10-21(22)26-25(28-23-12-6-7-13-24(23)29-26)20-16-14-19(15-17-20)18-8-2-1-3-9-18;1-2-9-17-14(5-1)11-12-18-19-10-4-7-15-6-3-8-16(21(15)19)13-20(17)18;/h1-29H;1-17H;1-12H,13H2;1H4. The molecule has 1 aliphatic heterocycles. The lowest BCUT2D eigenvalue weighted by atomic mass is 9.81. The van der Waals surface area contributed by atoms with Gasteiger partial charge in [0.05, 0.1) is 61.9 Å². The molecule has 0 saturated carbocycles. The van der Waals surface area contributed by atoms with Crippen LogP contribution in [-0.4, -0.2) is 19.9 Å². The third-order valence-electron chi connectivity index (χ3n) is 19.4. The van der Waals surface area contributed by atoms with Gasteiger partial charge in [-0.05, 0) is 131 Å². The molecule has 0 bridgehead atoms. The van der Waals surface area contributed by atoms with Crippen molar-refractivity contribution in [2.24, 2.45) is 0 Å². The molecule has 20 rings (SSSR count). The van der Waals surface area contributed by atoms with Gasteiger partial charge in [0.25, 0.3) is 0 Å². The Morgan fingerprint density at radius 1 is 0.250 bits per heavy atom. The van der Waals surface area contributed by atoms with Gasteiger partial charge < -0.3 is 4.90 Å². The van der Waals surface area contributed by atoms with Gasteiger partial charge in [0.2, 0.25) is 0 Å². The summed E-state index contributed by atoms with van der Waals surface area (Å²) in [7, 11) is 0. The summed E-state index contributed by atoms with van der Waals surface area (Å²) in [6, 6.07) is 124. The fourth-order valence-corrected chi connectivity index (χ4v) is 15.3. The number of benzene rings is 16. The van der Waals surface area contributed by atoms with Gasteiger partial charge in [-0.3, -0.25) is 0 Å². The summed E-state index contributed by atoms with van der Waals surface area (Å²) >= 11 is 3.68. The maximum absolute atomic E-state index is 5.38. The number of rotatable bonds is 7. The number of halogens is 1. The molecule has 0 saturated heterocycles. The predicted molar refractivity (Wildman–Crippen MR) is 425 cm³/mol. The fraction of sp³-hybridized carbons (Fsp3) is 0.0213. The molecule has 0 unspecified atom stereocenters. The molecule has 0 N–H and O–H groups in total. The van der Waals surface area contributed by atoms with Crippen molar-refractivity contribution < 1.29 is 0 Å². The first-order valence-corrected chi connectivity index (χ1v) is 34.4. The van der Waals surface area contributed by atoms with E-state index < -0.39 is 0 Å². The molecule has 0 spiro atoms. The van der Waals surface area contributed by atoms with E-state index in [2.05, 4.69) is 306 Å². The van der Waals surface area contributed by atoms with Crippen LogP contribution in [0.1, 0.15) is 18.6 Å². The van der Waals surface area contributed by atoms with E-state index in [0.29, 0.717) is 0 Å². The largest absolute Gasteiger partial charge is 0.308 e. The summed E-state index contributed by atoms with van der Waals surface area (Å²) in [5.74, 6) is 0. The predicted octanol–water partition coefficient (Wildman–Crippen LogP) is 26.0. The SMILES string of the molecule is Brc1ccccc1-c1nc2ccccc2nc1-c1ccc(-c2ccccc2)cc1.C.c1ccc(-c2ccc(-c3nc4ccccc4nc3-c3ccccc3N3c4c(ccc5ccccc45)-c4cccc5cccc3c45)cc2)cc1.c1ccc2c3c(ccc2c1)-c1cccc2cccc(c12)C3. The van der Waals surface area contributed by atoms with Gasteiger partial charge in [-0.25, -0.2) is 19.9 Å². The first-order chi connectivity index (χ1) is 49.0. The number of para-hydroxylation sites is 5. The number of hydrogen-bond acceptors (Lipinski definition) is 5. The van der Waals surface area contributed by atoms with Crippen molar-refractivity contribution >= 4 is 98.1 Å². The van der Waals surface area contributed by atoms with Gasteiger partial charge in [0.1, 0.15) is 0 Å². The van der Waals surface area contributed by atoms with Crippen LogP contribution in [0.15, 0.2) is 356 Å². The smallest absolute Gasteiger partial charge is 0.0994 e. The van der Waals surface area contributed by atoms with E-state index in [-0.39, 0.29) is 7.43 Å². The monoisotopic (exact) mass is 1340 g/mol. The minimum atomic E-state index is 0. The average molecular weight is 1340 g/mol. The van der Waals surface area contributed by atoms with Gasteiger partial charge in [-0.2, -0.15) is 0 Å². The molecule has 1 aliphatic carbocycles. The Kier molecular flexibility index (Phi) is 16.0. The van der Waals surface area contributed by atoms with E-state index in [9.17, 15) is 0 Å². The van der Waals surface area contributed by atoms with Gasteiger partial charge in [0.15, 0.2) is 0 Å². The van der Waals surface area contributed by atoms with E-state index in [1.165, 1.54) is 104 Å². The van der Waals surface area contributed by atoms with E-state index in [1.54, 1.807) is 0 Å².